The van der Waals surface area contributed by atoms with Crippen molar-refractivity contribution in [3.8, 4) is 0 Å². The van der Waals surface area contributed by atoms with Crippen LogP contribution in [0.15, 0.2) is 60.7 Å². The molecule has 0 radical (unpaired) electrons. The minimum Gasteiger partial charge on any atom is -0.354 e. The van der Waals surface area contributed by atoms with Crippen molar-refractivity contribution in [1.82, 2.24) is 15.5 Å². The van der Waals surface area contributed by atoms with E-state index in [9.17, 15) is 9.59 Å². The van der Waals surface area contributed by atoms with Gasteiger partial charge in [0.1, 0.15) is 0 Å². The van der Waals surface area contributed by atoms with E-state index >= 15 is 0 Å². The molecule has 0 fully saturated rings. The second-order valence-electron chi connectivity index (χ2n) is 6.56. The Hall–Kier alpha value is -2.66. The van der Waals surface area contributed by atoms with E-state index in [2.05, 4.69) is 27.7 Å². The quantitative estimate of drug-likeness (QED) is 0.767. The van der Waals surface area contributed by atoms with Crippen molar-refractivity contribution in [3.05, 3.63) is 71.8 Å². The maximum Gasteiger partial charge on any atom is 0.222 e. The van der Waals surface area contributed by atoms with Crippen LogP contribution in [0.3, 0.4) is 0 Å². The predicted molar refractivity (Wildman–Crippen MR) is 103 cm³/mol. The van der Waals surface area contributed by atoms with Crippen LogP contribution in [0.4, 0.5) is 0 Å². The van der Waals surface area contributed by atoms with Crippen molar-refractivity contribution in [3.63, 3.8) is 0 Å². The molecule has 0 bridgehead atoms. The third kappa shape index (κ3) is 6.01. The van der Waals surface area contributed by atoms with E-state index in [0.717, 1.165) is 11.1 Å². The van der Waals surface area contributed by atoms with Gasteiger partial charge in [0.15, 0.2) is 0 Å². The van der Waals surface area contributed by atoms with Crippen LogP contribution in [0.2, 0.25) is 0 Å². The maximum atomic E-state index is 12.5. The molecule has 5 heteroatoms. The van der Waals surface area contributed by atoms with E-state index in [4.69, 9.17) is 0 Å². The minimum atomic E-state index is -0.330. The summed E-state index contributed by atoms with van der Waals surface area (Å²) in [6, 6.07) is 19.4. The third-order valence-corrected chi connectivity index (χ3v) is 4.27. The fourth-order valence-electron chi connectivity index (χ4n) is 2.92. The Labute approximate surface area is 155 Å². The SMILES string of the molecule is CC(=O)NC(CC(=O)NCC(c1ccccc1)N(C)C)c1ccccc1. The van der Waals surface area contributed by atoms with Gasteiger partial charge in [-0.2, -0.15) is 0 Å². The normalized spacial score (nSPS) is 13.1. The molecule has 0 aliphatic carbocycles. The molecule has 2 unspecified atom stereocenters. The van der Waals surface area contributed by atoms with E-state index in [1.54, 1.807) is 0 Å². The molecule has 0 spiro atoms. The second-order valence-corrected chi connectivity index (χ2v) is 6.56. The summed E-state index contributed by atoms with van der Waals surface area (Å²) in [4.78, 5) is 26.1. The van der Waals surface area contributed by atoms with E-state index < -0.39 is 0 Å². The molecule has 0 aliphatic heterocycles. The van der Waals surface area contributed by atoms with Gasteiger partial charge in [0.25, 0.3) is 0 Å². The van der Waals surface area contributed by atoms with Gasteiger partial charge >= 0.3 is 0 Å². The molecule has 26 heavy (non-hydrogen) atoms. The summed E-state index contributed by atoms with van der Waals surface area (Å²) in [5, 5.41) is 5.86. The van der Waals surface area contributed by atoms with Crippen molar-refractivity contribution in [2.75, 3.05) is 20.6 Å². The molecule has 2 aromatic carbocycles. The predicted octanol–water partition coefficient (Wildman–Crippen LogP) is 2.67. The van der Waals surface area contributed by atoms with Crippen LogP contribution in [0.1, 0.15) is 36.6 Å². The van der Waals surface area contributed by atoms with Crippen LogP contribution in [0.25, 0.3) is 0 Å². The Morgan fingerprint density at radius 3 is 1.96 bits per heavy atom. The first-order chi connectivity index (χ1) is 12.5. The molecule has 0 aromatic heterocycles. The first-order valence-corrected chi connectivity index (χ1v) is 8.77. The molecule has 2 amide bonds. The lowest BCUT2D eigenvalue weighted by atomic mass is 10.0. The van der Waals surface area contributed by atoms with Crippen molar-refractivity contribution >= 4 is 11.8 Å². The number of nitrogens with one attached hydrogen (secondary N) is 2. The van der Waals surface area contributed by atoms with Crippen LogP contribution in [0, 0.1) is 0 Å². The summed E-state index contributed by atoms with van der Waals surface area (Å²) in [6.07, 6.45) is 0.207. The van der Waals surface area contributed by atoms with Crippen molar-refractivity contribution in [2.45, 2.75) is 25.4 Å². The molecular weight excluding hydrogens is 326 g/mol. The molecule has 138 valence electrons. The molecule has 2 N–H and O–H groups in total. The average molecular weight is 353 g/mol. The van der Waals surface area contributed by atoms with Gasteiger partial charge in [0, 0.05) is 13.5 Å². The molecule has 0 saturated carbocycles. The summed E-state index contributed by atoms with van der Waals surface area (Å²) in [7, 11) is 3.99. The highest BCUT2D eigenvalue weighted by Crippen LogP contribution is 2.18. The van der Waals surface area contributed by atoms with Gasteiger partial charge in [-0.05, 0) is 25.2 Å². The van der Waals surface area contributed by atoms with E-state index in [1.165, 1.54) is 6.92 Å². The van der Waals surface area contributed by atoms with Crippen molar-refractivity contribution in [1.29, 1.82) is 0 Å². The van der Waals surface area contributed by atoms with Gasteiger partial charge in [-0.25, -0.2) is 0 Å². The molecule has 5 nitrogen and oxygen atoms in total. The number of hydrogen-bond acceptors (Lipinski definition) is 3. The van der Waals surface area contributed by atoms with Gasteiger partial charge in [-0.3, -0.25) is 9.59 Å². The van der Waals surface area contributed by atoms with E-state index in [1.807, 2.05) is 62.6 Å². The van der Waals surface area contributed by atoms with Gasteiger partial charge in [-0.15, -0.1) is 0 Å². The molecule has 2 atom stereocenters. The fourth-order valence-corrected chi connectivity index (χ4v) is 2.92. The first-order valence-electron chi connectivity index (χ1n) is 8.77. The van der Waals surface area contributed by atoms with Gasteiger partial charge < -0.3 is 15.5 Å². The summed E-state index contributed by atoms with van der Waals surface area (Å²) in [5.74, 6) is -0.238. The number of carbonyl (C=O) groups excluding carboxylic acids is 2. The van der Waals surface area contributed by atoms with Crippen LogP contribution in [0.5, 0.6) is 0 Å². The van der Waals surface area contributed by atoms with Gasteiger partial charge in [0.05, 0.1) is 18.5 Å². The van der Waals surface area contributed by atoms with Crippen LogP contribution in [-0.2, 0) is 9.59 Å². The Morgan fingerprint density at radius 2 is 1.46 bits per heavy atom. The summed E-state index contributed by atoms with van der Waals surface area (Å²) in [6.45, 7) is 1.97. The Bertz CT molecular complexity index is 702. The number of amides is 2. The van der Waals surface area contributed by atoms with Crippen LogP contribution in [-0.4, -0.2) is 37.4 Å². The highest BCUT2D eigenvalue weighted by atomic mass is 16.2. The monoisotopic (exact) mass is 353 g/mol. The van der Waals surface area contributed by atoms with Crippen LogP contribution < -0.4 is 10.6 Å². The Kier molecular flexibility index (Phi) is 7.36. The number of rotatable bonds is 8. The summed E-state index contributed by atoms with van der Waals surface area (Å²) in [5.41, 5.74) is 2.07. The van der Waals surface area contributed by atoms with Gasteiger partial charge in [-0.1, -0.05) is 60.7 Å². The smallest absolute Gasteiger partial charge is 0.222 e. The standard InChI is InChI=1S/C21H27N3O2/c1-16(25)23-19(17-10-6-4-7-11-17)14-21(26)22-15-20(24(2)3)18-12-8-5-9-13-18/h4-13,19-20H,14-15H2,1-3H3,(H,22,26)(H,23,25). The summed E-state index contributed by atoms with van der Waals surface area (Å²) >= 11 is 0. The Balaban J connectivity index is 1.99. The highest BCUT2D eigenvalue weighted by Gasteiger charge is 2.19. The maximum absolute atomic E-state index is 12.5. The molecule has 0 aliphatic rings. The molecule has 2 aromatic rings. The fraction of sp³-hybridized carbons (Fsp3) is 0.333. The molecule has 2 rings (SSSR count). The zero-order chi connectivity index (χ0) is 18.9. The number of nitrogens with zero attached hydrogens (tertiary/aromatic N) is 1. The zero-order valence-electron chi connectivity index (χ0n) is 15.6. The van der Waals surface area contributed by atoms with Crippen molar-refractivity contribution in [2.24, 2.45) is 0 Å². The number of carbonyl (C=O) groups is 2. The lowest BCUT2D eigenvalue weighted by Gasteiger charge is -2.25. The second kappa shape index (κ2) is 9.73. The topological polar surface area (TPSA) is 61.4 Å². The molecular formula is C21H27N3O2. The Morgan fingerprint density at radius 1 is 0.923 bits per heavy atom. The summed E-state index contributed by atoms with van der Waals surface area (Å²) < 4.78 is 0. The zero-order valence-corrected chi connectivity index (χ0v) is 15.6. The minimum absolute atomic E-state index is 0.0876. The number of benzene rings is 2. The number of hydrogen-bond donors (Lipinski definition) is 2. The van der Waals surface area contributed by atoms with Gasteiger partial charge in [0.2, 0.25) is 11.8 Å². The van der Waals surface area contributed by atoms with E-state index in [-0.39, 0.29) is 30.3 Å². The largest absolute Gasteiger partial charge is 0.354 e. The van der Waals surface area contributed by atoms with Crippen LogP contribution >= 0.6 is 0 Å². The lowest BCUT2D eigenvalue weighted by molar-refractivity contribution is -0.123. The average Bonchev–Trinajstić information content (AvgIpc) is 2.62. The van der Waals surface area contributed by atoms with E-state index in [0.29, 0.717) is 6.54 Å². The molecule has 0 saturated heterocycles. The lowest BCUT2D eigenvalue weighted by Crippen LogP contribution is -2.37. The first kappa shape index (κ1) is 19.7. The molecule has 0 heterocycles. The number of likely N-dealkylation sites (N-methyl/N-ethyl adjacent to an activating group) is 1. The van der Waals surface area contributed by atoms with Crippen molar-refractivity contribution < 1.29 is 9.59 Å². The highest BCUT2D eigenvalue weighted by molar-refractivity contribution is 5.79. The third-order valence-electron chi connectivity index (χ3n) is 4.27.